The maximum absolute atomic E-state index is 13.1. The smallest absolute Gasteiger partial charge is 0.133 e. The maximum Gasteiger partial charge on any atom is 0.133 e. The van der Waals surface area contributed by atoms with E-state index in [0.717, 1.165) is 5.56 Å². The SMILES string of the molecule is Cc1ccc(F)cc1Oc1ccc(C#N)c(Br)c1. The summed E-state index contributed by atoms with van der Waals surface area (Å²) in [5.74, 6) is 0.671. The van der Waals surface area contributed by atoms with Crippen LogP contribution < -0.4 is 4.74 Å². The Morgan fingerprint density at radius 1 is 1.22 bits per heavy atom. The molecule has 2 aromatic rings. The lowest BCUT2D eigenvalue weighted by atomic mass is 10.2. The summed E-state index contributed by atoms with van der Waals surface area (Å²) in [5.41, 5.74) is 1.37. The van der Waals surface area contributed by atoms with Crippen molar-refractivity contribution in [1.82, 2.24) is 0 Å². The normalized spacial score (nSPS) is 9.89. The first-order chi connectivity index (χ1) is 8.60. The van der Waals surface area contributed by atoms with E-state index < -0.39 is 0 Å². The van der Waals surface area contributed by atoms with Gasteiger partial charge in [0.05, 0.1) is 5.56 Å². The van der Waals surface area contributed by atoms with E-state index >= 15 is 0 Å². The number of halogens is 2. The van der Waals surface area contributed by atoms with Crippen LogP contribution in [0.1, 0.15) is 11.1 Å². The van der Waals surface area contributed by atoms with Gasteiger partial charge in [-0.15, -0.1) is 0 Å². The zero-order valence-electron chi connectivity index (χ0n) is 9.58. The van der Waals surface area contributed by atoms with Crippen LogP contribution in [0.3, 0.4) is 0 Å². The average molecular weight is 306 g/mol. The van der Waals surface area contributed by atoms with Gasteiger partial charge in [0, 0.05) is 10.5 Å². The summed E-state index contributed by atoms with van der Waals surface area (Å²) >= 11 is 3.28. The molecule has 0 N–H and O–H groups in total. The Hall–Kier alpha value is -1.86. The summed E-state index contributed by atoms with van der Waals surface area (Å²) in [4.78, 5) is 0. The molecule has 0 unspecified atom stereocenters. The zero-order chi connectivity index (χ0) is 13.1. The summed E-state index contributed by atoms with van der Waals surface area (Å²) in [6, 6.07) is 11.4. The molecule has 0 spiro atoms. The molecule has 0 aromatic heterocycles. The van der Waals surface area contributed by atoms with Crippen LogP contribution in [-0.4, -0.2) is 0 Å². The molecule has 0 atom stereocenters. The number of aryl methyl sites for hydroxylation is 1. The second-order valence-electron chi connectivity index (χ2n) is 3.77. The van der Waals surface area contributed by atoms with Crippen molar-refractivity contribution in [1.29, 1.82) is 5.26 Å². The first-order valence-corrected chi connectivity index (χ1v) is 6.03. The standard InChI is InChI=1S/C14H9BrFNO/c1-9-2-4-11(16)6-14(9)18-12-5-3-10(8-17)13(15)7-12/h2-7H,1H3. The van der Waals surface area contributed by atoms with E-state index in [1.807, 2.05) is 13.0 Å². The molecule has 0 radical (unpaired) electrons. The molecule has 0 fully saturated rings. The first kappa shape index (κ1) is 12.6. The van der Waals surface area contributed by atoms with Gasteiger partial charge >= 0.3 is 0 Å². The van der Waals surface area contributed by atoms with Crippen LogP contribution in [0.25, 0.3) is 0 Å². The van der Waals surface area contributed by atoms with Crippen LogP contribution >= 0.6 is 15.9 Å². The summed E-state index contributed by atoms with van der Waals surface area (Å²) in [6.07, 6.45) is 0. The van der Waals surface area contributed by atoms with Crippen molar-refractivity contribution in [2.45, 2.75) is 6.92 Å². The molecule has 0 aliphatic rings. The number of nitrogens with zero attached hydrogens (tertiary/aromatic N) is 1. The number of ether oxygens (including phenoxy) is 1. The lowest BCUT2D eigenvalue weighted by Crippen LogP contribution is -1.89. The minimum Gasteiger partial charge on any atom is -0.457 e. The number of benzene rings is 2. The fourth-order valence-electron chi connectivity index (χ4n) is 1.46. The van der Waals surface area contributed by atoms with Gasteiger partial charge < -0.3 is 4.74 Å². The molecule has 18 heavy (non-hydrogen) atoms. The molecule has 0 heterocycles. The summed E-state index contributed by atoms with van der Waals surface area (Å²) in [5, 5.41) is 8.81. The van der Waals surface area contributed by atoms with Crippen molar-refractivity contribution in [2.24, 2.45) is 0 Å². The van der Waals surface area contributed by atoms with Gasteiger partial charge in [0.15, 0.2) is 0 Å². The third kappa shape index (κ3) is 2.69. The summed E-state index contributed by atoms with van der Waals surface area (Å²) in [7, 11) is 0. The molecule has 0 bridgehead atoms. The van der Waals surface area contributed by atoms with Gasteiger partial charge in [-0.1, -0.05) is 6.07 Å². The Morgan fingerprint density at radius 3 is 2.67 bits per heavy atom. The van der Waals surface area contributed by atoms with Crippen LogP contribution in [0.5, 0.6) is 11.5 Å². The molecular weight excluding hydrogens is 297 g/mol. The van der Waals surface area contributed by atoms with E-state index in [1.165, 1.54) is 12.1 Å². The highest BCUT2D eigenvalue weighted by Gasteiger charge is 2.05. The first-order valence-electron chi connectivity index (χ1n) is 5.24. The predicted molar refractivity (Wildman–Crippen MR) is 70.1 cm³/mol. The van der Waals surface area contributed by atoms with E-state index in [1.54, 1.807) is 24.3 Å². The number of hydrogen-bond acceptors (Lipinski definition) is 2. The fraction of sp³-hybridized carbons (Fsp3) is 0.0714. The van der Waals surface area contributed by atoms with E-state index in [9.17, 15) is 4.39 Å². The predicted octanol–water partition coefficient (Wildman–Crippen LogP) is 4.56. The van der Waals surface area contributed by atoms with Gasteiger partial charge in [-0.25, -0.2) is 4.39 Å². The topological polar surface area (TPSA) is 33.0 Å². The van der Waals surface area contributed by atoms with Gasteiger partial charge in [0.1, 0.15) is 23.4 Å². The zero-order valence-corrected chi connectivity index (χ0v) is 11.2. The maximum atomic E-state index is 13.1. The summed E-state index contributed by atoms with van der Waals surface area (Å²) < 4.78 is 19.4. The molecule has 2 aromatic carbocycles. The molecule has 2 rings (SSSR count). The monoisotopic (exact) mass is 305 g/mol. The van der Waals surface area contributed by atoms with Crippen molar-refractivity contribution in [3.63, 3.8) is 0 Å². The minimum absolute atomic E-state index is 0.344. The van der Waals surface area contributed by atoms with Crippen LogP contribution in [-0.2, 0) is 0 Å². The summed E-state index contributed by atoms with van der Waals surface area (Å²) in [6.45, 7) is 1.84. The van der Waals surface area contributed by atoms with Crippen molar-refractivity contribution in [3.8, 4) is 17.6 Å². The Morgan fingerprint density at radius 2 is 2.00 bits per heavy atom. The Labute approximate surface area is 113 Å². The van der Waals surface area contributed by atoms with Gasteiger partial charge in [-0.2, -0.15) is 5.26 Å². The van der Waals surface area contributed by atoms with E-state index in [2.05, 4.69) is 15.9 Å². The van der Waals surface area contributed by atoms with Gasteiger partial charge in [0.25, 0.3) is 0 Å². The molecule has 0 saturated carbocycles. The number of hydrogen-bond donors (Lipinski definition) is 0. The Bertz CT molecular complexity index is 634. The highest BCUT2D eigenvalue weighted by atomic mass is 79.9. The second-order valence-corrected chi connectivity index (χ2v) is 4.62. The molecule has 4 heteroatoms. The van der Waals surface area contributed by atoms with E-state index in [4.69, 9.17) is 10.00 Å². The highest BCUT2D eigenvalue weighted by Crippen LogP contribution is 2.29. The van der Waals surface area contributed by atoms with Crippen molar-refractivity contribution < 1.29 is 9.13 Å². The van der Waals surface area contributed by atoms with E-state index in [0.29, 0.717) is 21.5 Å². The lowest BCUT2D eigenvalue weighted by molar-refractivity contribution is 0.472. The van der Waals surface area contributed by atoms with Crippen LogP contribution in [0.4, 0.5) is 4.39 Å². The van der Waals surface area contributed by atoms with Gasteiger partial charge in [-0.05, 0) is 52.7 Å². The molecular formula is C14H9BrFNO. The van der Waals surface area contributed by atoms with Gasteiger partial charge in [-0.3, -0.25) is 0 Å². The highest BCUT2D eigenvalue weighted by molar-refractivity contribution is 9.10. The van der Waals surface area contributed by atoms with E-state index in [-0.39, 0.29) is 5.82 Å². The Balaban J connectivity index is 2.32. The fourth-order valence-corrected chi connectivity index (χ4v) is 1.91. The number of rotatable bonds is 2. The molecule has 90 valence electrons. The van der Waals surface area contributed by atoms with Crippen molar-refractivity contribution in [3.05, 3.63) is 57.8 Å². The van der Waals surface area contributed by atoms with Crippen molar-refractivity contribution in [2.75, 3.05) is 0 Å². The third-order valence-corrected chi connectivity index (χ3v) is 3.10. The average Bonchev–Trinajstić information content (AvgIpc) is 2.34. The largest absolute Gasteiger partial charge is 0.457 e. The Kier molecular flexibility index (Phi) is 3.63. The quantitative estimate of drug-likeness (QED) is 0.815. The third-order valence-electron chi connectivity index (χ3n) is 2.44. The van der Waals surface area contributed by atoms with Crippen LogP contribution in [0, 0.1) is 24.1 Å². The van der Waals surface area contributed by atoms with Gasteiger partial charge in [0.2, 0.25) is 0 Å². The molecule has 0 saturated heterocycles. The van der Waals surface area contributed by atoms with Crippen molar-refractivity contribution >= 4 is 15.9 Å². The number of nitriles is 1. The van der Waals surface area contributed by atoms with Crippen LogP contribution in [0.2, 0.25) is 0 Å². The lowest BCUT2D eigenvalue weighted by Gasteiger charge is -2.09. The molecule has 2 nitrogen and oxygen atoms in total. The molecule has 0 aliphatic carbocycles. The minimum atomic E-state index is -0.344. The molecule has 0 amide bonds. The second kappa shape index (κ2) is 5.19. The molecule has 0 aliphatic heterocycles. The van der Waals surface area contributed by atoms with Crippen LogP contribution in [0.15, 0.2) is 40.9 Å².